The van der Waals surface area contributed by atoms with Gasteiger partial charge in [-0.05, 0) is 40.3 Å². The zero-order valence-corrected chi connectivity index (χ0v) is 23.7. The number of unbranched alkanes of at least 4 members (excludes halogenated alkanes) is 1. The molecule has 2 heterocycles. The average molecular weight is 580 g/mol. The highest BCUT2D eigenvalue weighted by Gasteiger charge is 2.29. The molecule has 0 spiro atoms. The van der Waals surface area contributed by atoms with Gasteiger partial charge in [0.05, 0.1) is 6.04 Å². The molecule has 0 bridgehead atoms. The van der Waals surface area contributed by atoms with Crippen molar-refractivity contribution in [2.45, 2.75) is 51.3 Å². The number of carboxylic acid groups (broad SMARTS) is 1. The van der Waals surface area contributed by atoms with E-state index in [1.54, 1.807) is 6.20 Å². The lowest BCUT2D eigenvalue weighted by Crippen LogP contribution is -2.48. The number of nitrogens with zero attached hydrogens (tertiary/aromatic N) is 5. The van der Waals surface area contributed by atoms with Gasteiger partial charge >= 0.3 is 5.97 Å². The Balaban J connectivity index is 1.35. The van der Waals surface area contributed by atoms with Crippen LogP contribution in [0.1, 0.15) is 47.2 Å². The monoisotopic (exact) mass is 579 g/mol. The lowest BCUT2D eigenvalue weighted by molar-refractivity contribution is -0.148. The van der Waals surface area contributed by atoms with Gasteiger partial charge in [-0.15, -0.1) is 10.2 Å². The molecule has 0 saturated heterocycles. The van der Waals surface area contributed by atoms with Gasteiger partial charge in [-0.2, -0.15) is 5.21 Å². The molecule has 2 aromatic heterocycles. The van der Waals surface area contributed by atoms with Crippen molar-refractivity contribution < 1.29 is 19.8 Å². The number of amides is 1. The van der Waals surface area contributed by atoms with Crippen molar-refractivity contribution in [2.24, 2.45) is 0 Å². The number of aliphatic hydroxyl groups excluding tert-OH is 1. The summed E-state index contributed by atoms with van der Waals surface area (Å²) < 4.78 is 1.95. The molecule has 43 heavy (non-hydrogen) atoms. The third kappa shape index (κ3) is 7.19. The van der Waals surface area contributed by atoms with E-state index in [4.69, 9.17) is 0 Å². The normalized spacial score (nSPS) is 12.5. The molecular weight excluding hydrogens is 546 g/mol. The molecule has 1 amide bonds. The van der Waals surface area contributed by atoms with Crippen molar-refractivity contribution in [3.8, 4) is 22.5 Å². The van der Waals surface area contributed by atoms with E-state index in [2.05, 4.69) is 37.8 Å². The molecule has 2 atom stereocenters. The van der Waals surface area contributed by atoms with Crippen molar-refractivity contribution in [2.75, 3.05) is 0 Å². The van der Waals surface area contributed by atoms with Gasteiger partial charge in [0.25, 0.3) is 5.91 Å². The highest BCUT2D eigenvalue weighted by Crippen LogP contribution is 2.30. The molecule has 5 rings (SSSR count). The zero-order chi connectivity index (χ0) is 30.2. The van der Waals surface area contributed by atoms with Crippen molar-refractivity contribution in [1.29, 1.82) is 0 Å². The molecule has 4 N–H and O–H groups in total. The van der Waals surface area contributed by atoms with E-state index < -0.39 is 24.0 Å². The molecule has 0 aliphatic carbocycles. The van der Waals surface area contributed by atoms with Crippen LogP contribution in [0.3, 0.4) is 0 Å². The lowest BCUT2D eigenvalue weighted by Gasteiger charge is -2.21. The van der Waals surface area contributed by atoms with E-state index in [1.165, 1.54) is 0 Å². The fourth-order valence-corrected chi connectivity index (χ4v) is 4.95. The van der Waals surface area contributed by atoms with E-state index in [1.807, 2.05) is 83.4 Å². The molecule has 0 saturated carbocycles. The first kappa shape index (κ1) is 29.3. The quantitative estimate of drug-likeness (QED) is 0.163. The summed E-state index contributed by atoms with van der Waals surface area (Å²) in [5.41, 5.74) is 4.84. The Labute approximate surface area is 248 Å². The second-order valence-corrected chi connectivity index (χ2v) is 10.3. The molecular formula is C32H33N7O4. The molecule has 11 nitrogen and oxygen atoms in total. The number of H-pyrrole nitrogens is 1. The molecule has 220 valence electrons. The van der Waals surface area contributed by atoms with Crippen LogP contribution < -0.4 is 5.32 Å². The number of rotatable bonds is 13. The summed E-state index contributed by atoms with van der Waals surface area (Å²) in [5, 5.41) is 36.9. The number of benzene rings is 3. The number of carboxylic acids is 1. The minimum absolute atomic E-state index is 0.158. The lowest BCUT2D eigenvalue weighted by atomic mass is 9.98. The van der Waals surface area contributed by atoms with Crippen LogP contribution >= 0.6 is 0 Å². The molecule has 0 radical (unpaired) electrons. The van der Waals surface area contributed by atoms with Gasteiger partial charge in [0.15, 0.2) is 6.10 Å². The zero-order valence-electron chi connectivity index (χ0n) is 23.7. The van der Waals surface area contributed by atoms with Crippen LogP contribution in [0.5, 0.6) is 0 Å². The maximum Gasteiger partial charge on any atom is 0.334 e. The highest BCUT2D eigenvalue weighted by molar-refractivity contribution is 5.93. The average Bonchev–Trinajstić information content (AvgIpc) is 3.71. The fourth-order valence-electron chi connectivity index (χ4n) is 4.95. The number of carbonyl (C=O) groups is 2. The van der Waals surface area contributed by atoms with Gasteiger partial charge < -0.3 is 20.1 Å². The summed E-state index contributed by atoms with van der Waals surface area (Å²) in [6, 6.07) is 24.1. The molecule has 0 fully saturated rings. The first-order chi connectivity index (χ1) is 20.9. The number of hydrogen-bond acceptors (Lipinski definition) is 7. The molecule has 0 aliphatic rings. The molecule has 0 aliphatic heterocycles. The first-order valence-electron chi connectivity index (χ1n) is 14.2. The van der Waals surface area contributed by atoms with Crippen LogP contribution in [0.25, 0.3) is 22.5 Å². The number of tetrazole rings is 1. The van der Waals surface area contributed by atoms with Crippen LogP contribution in [0, 0.1) is 0 Å². The van der Waals surface area contributed by atoms with Crippen molar-refractivity contribution in [1.82, 2.24) is 35.5 Å². The first-order valence-corrected chi connectivity index (χ1v) is 14.2. The van der Waals surface area contributed by atoms with E-state index in [9.17, 15) is 19.8 Å². The van der Waals surface area contributed by atoms with Crippen molar-refractivity contribution in [3.63, 3.8) is 0 Å². The molecule has 3 aromatic carbocycles. The topological polar surface area (TPSA) is 159 Å². The predicted octanol–water partition coefficient (Wildman–Crippen LogP) is 3.91. The number of carbonyl (C=O) groups excluding carboxylic acids is 1. The minimum Gasteiger partial charge on any atom is -0.479 e. The highest BCUT2D eigenvalue weighted by atomic mass is 16.4. The van der Waals surface area contributed by atoms with Crippen LogP contribution in [0.2, 0.25) is 0 Å². The van der Waals surface area contributed by atoms with Gasteiger partial charge in [0, 0.05) is 24.7 Å². The summed E-state index contributed by atoms with van der Waals surface area (Å²) >= 11 is 0. The Kier molecular flexibility index (Phi) is 9.33. The Morgan fingerprint density at radius 2 is 1.67 bits per heavy atom. The van der Waals surface area contributed by atoms with Gasteiger partial charge in [-0.25, -0.2) is 9.78 Å². The standard InChI is InChI=1S/C32H33N7O4/c1-2-3-13-28-33-27(31(41)34-26(29(40)32(42)43)18-21-9-5-4-6-10-21)20-39(28)19-22-14-16-23(17-15-22)24-11-7-8-12-25(24)30-35-37-38-36-30/h4-12,14-17,20,26,29,40H,2-3,13,18-19H2,1H3,(H,34,41)(H,42,43)(H,35,36,37,38)/t26-,29-/m1/s1. The number of hydrogen-bond donors (Lipinski definition) is 4. The van der Waals surface area contributed by atoms with E-state index in [0.717, 1.165) is 46.5 Å². The van der Waals surface area contributed by atoms with Crippen LogP contribution in [-0.2, 0) is 24.2 Å². The number of aromatic amines is 1. The summed E-state index contributed by atoms with van der Waals surface area (Å²) in [5.74, 6) is -0.659. The molecule has 5 aromatic rings. The van der Waals surface area contributed by atoms with Crippen LogP contribution in [-0.4, -0.2) is 64.4 Å². The number of aliphatic hydroxyl groups is 1. The second kappa shape index (κ2) is 13.7. The van der Waals surface area contributed by atoms with E-state index in [-0.39, 0.29) is 12.1 Å². The summed E-state index contributed by atoms with van der Waals surface area (Å²) in [6.07, 6.45) is 2.63. The van der Waals surface area contributed by atoms with Gasteiger partial charge in [-0.1, -0.05) is 92.2 Å². The Bertz CT molecular complexity index is 1650. The van der Waals surface area contributed by atoms with Crippen molar-refractivity contribution >= 4 is 11.9 Å². The largest absolute Gasteiger partial charge is 0.479 e. The minimum atomic E-state index is -1.77. The predicted molar refractivity (Wildman–Crippen MR) is 160 cm³/mol. The van der Waals surface area contributed by atoms with Gasteiger partial charge in [0.2, 0.25) is 5.82 Å². The SMILES string of the molecule is CCCCc1nc(C(=O)N[C@H](Cc2ccccc2)[C@@H](O)C(=O)O)cn1Cc1ccc(-c2ccccc2-c2nn[nH]n2)cc1. The number of aliphatic carboxylic acids is 1. The summed E-state index contributed by atoms with van der Waals surface area (Å²) in [7, 11) is 0. The van der Waals surface area contributed by atoms with E-state index >= 15 is 0 Å². The van der Waals surface area contributed by atoms with Crippen molar-refractivity contribution in [3.05, 3.63) is 108 Å². The maximum atomic E-state index is 13.3. The van der Waals surface area contributed by atoms with E-state index in [0.29, 0.717) is 18.8 Å². The molecule has 0 unspecified atom stereocenters. The van der Waals surface area contributed by atoms with Crippen LogP contribution in [0.4, 0.5) is 0 Å². The van der Waals surface area contributed by atoms with Gasteiger partial charge in [-0.3, -0.25) is 4.79 Å². The molecule has 11 heteroatoms. The van der Waals surface area contributed by atoms with Gasteiger partial charge in [0.1, 0.15) is 11.5 Å². The maximum absolute atomic E-state index is 13.3. The Hall–Kier alpha value is -5.16. The fraction of sp³-hybridized carbons (Fsp3) is 0.250. The number of aryl methyl sites for hydroxylation is 1. The summed E-state index contributed by atoms with van der Waals surface area (Å²) in [6.45, 7) is 2.59. The third-order valence-corrected chi connectivity index (χ3v) is 7.23. The number of nitrogens with one attached hydrogen (secondary N) is 2. The smallest absolute Gasteiger partial charge is 0.334 e. The second-order valence-electron chi connectivity index (χ2n) is 10.3. The number of aromatic nitrogens is 6. The Morgan fingerprint density at radius 1 is 0.953 bits per heavy atom. The summed E-state index contributed by atoms with van der Waals surface area (Å²) in [4.78, 5) is 29.5. The number of imidazole rings is 1. The third-order valence-electron chi connectivity index (χ3n) is 7.23. The Morgan fingerprint density at radius 3 is 2.35 bits per heavy atom. The van der Waals surface area contributed by atoms with Crippen LogP contribution in [0.15, 0.2) is 85.1 Å².